The highest BCUT2D eigenvalue weighted by Gasteiger charge is 2.16. The minimum absolute atomic E-state index is 0.332. The van der Waals surface area contributed by atoms with Crippen molar-refractivity contribution in [3.63, 3.8) is 0 Å². The lowest BCUT2D eigenvalue weighted by Crippen LogP contribution is -2.44. The van der Waals surface area contributed by atoms with Gasteiger partial charge in [-0.1, -0.05) is 23.8 Å². The summed E-state index contributed by atoms with van der Waals surface area (Å²) in [6.45, 7) is 7.72. The fourth-order valence-corrected chi connectivity index (χ4v) is 3.02. The predicted octanol–water partition coefficient (Wildman–Crippen LogP) is 1.72. The Morgan fingerprint density at radius 1 is 1.33 bits per heavy atom. The van der Waals surface area contributed by atoms with Crippen LogP contribution in [-0.2, 0) is 4.74 Å². The number of hydrogen-bond donors (Lipinski definition) is 1. The molecule has 1 saturated heterocycles. The van der Waals surface area contributed by atoms with Gasteiger partial charge in [0, 0.05) is 32.7 Å². The van der Waals surface area contributed by atoms with Gasteiger partial charge in [-0.2, -0.15) is 0 Å². The van der Waals surface area contributed by atoms with Gasteiger partial charge in [-0.3, -0.25) is 9.80 Å². The van der Waals surface area contributed by atoms with Crippen LogP contribution < -0.4 is 4.74 Å². The smallest absolute Gasteiger partial charge is 0.118 e. The second kappa shape index (κ2) is 9.79. The minimum atomic E-state index is -0.332. The van der Waals surface area contributed by atoms with Crippen LogP contribution in [-0.4, -0.2) is 81.1 Å². The molecule has 1 aliphatic rings. The van der Waals surface area contributed by atoms with Crippen molar-refractivity contribution in [2.45, 2.75) is 13.0 Å². The summed E-state index contributed by atoms with van der Waals surface area (Å²) in [4.78, 5) is 4.43. The molecule has 0 spiro atoms. The molecule has 1 aromatic rings. The fraction of sp³-hybridized carbons (Fsp3) is 0.579. The lowest BCUT2D eigenvalue weighted by molar-refractivity contribution is 0.00924. The highest BCUT2D eigenvalue weighted by atomic mass is 16.5. The number of hydrogen-bond acceptors (Lipinski definition) is 5. The van der Waals surface area contributed by atoms with Crippen molar-refractivity contribution < 1.29 is 14.6 Å². The number of likely N-dealkylation sites (N-methyl/N-ethyl adjacent to an activating group) is 1. The van der Waals surface area contributed by atoms with Crippen LogP contribution in [0.4, 0.5) is 0 Å². The van der Waals surface area contributed by atoms with E-state index in [0.29, 0.717) is 6.54 Å². The van der Waals surface area contributed by atoms with E-state index in [-0.39, 0.29) is 6.10 Å². The van der Waals surface area contributed by atoms with Gasteiger partial charge in [0.25, 0.3) is 0 Å². The highest BCUT2D eigenvalue weighted by Crippen LogP contribution is 2.14. The molecule has 24 heavy (non-hydrogen) atoms. The van der Waals surface area contributed by atoms with E-state index in [0.717, 1.165) is 50.7 Å². The predicted molar refractivity (Wildman–Crippen MR) is 97.4 cm³/mol. The van der Waals surface area contributed by atoms with Gasteiger partial charge in [0.1, 0.15) is 5.75 Å². The summed E-state index contributed by atoms with van der Waals surface area (Å²) in [5, 5.41) is 10.3. The number of ether oxygens (including phenoxy) is 2. The third kappa shape index (κ3) is 6.61. The first-order valence-corrected chi connectivity index (χ1v) is 8.55. The maximum absolute atomic E-state index is 10.3. The first-order chi connectivity index (χ1) is 11.6. The Labute approximate surface area is 145 Å². The first-order valence-electron chi connectivity index (χ1n) is 8.55. The van der Waals surface area contributed by atoms with Gasteiger partial charge in [-0.25, -0.2) is 0 Å². The Hall–Kier alpha value is -1.40. The summed E-state index contributed by atoms with van der Waals surface area (Å²) in [5.41, 5.74) is 2.43. The fourth-order valence-electron chi connectivity index (χ4n) is 3.02. The molecule has 134 valence electrons. The molecule has 5 nitrogen and oxygen atoms in total. The molecule has 0 aromatic heterocycles. The van der Waals surface area contributed by atoms with Crippen LogP contribution in [0, 0.1) is 0 Å². The number of β-amino-alcohol motifs (C(OH)–C–C–N with tert-alkyl or cyclic N) is 1. The molecule has 1 fully saturated rings. The molecule has 5 heteroatoms. The van der Waals surface area contributed by atoms with E-state index in [4.69, 9.17) is 9.47 Å². The molecule has 1 aromatic carbocycles. The summed E-state index contributed by atoms with van der Waals surface area (Å²) < 4.78 is 10.5. The average molecular weight is 334 g/mol. The topological polar surface area (TPSA) is 45.2 Å². The van der Waals surface area contributed by atoms with Crippen molar-refractivity contribution in [2.24, 2.45) is 0 Å². The Bertz CT molecular complexity index is 510. The number of morpholine rings is 1. The van der Waals surface area contributed by atoms with E-state index in [9.17, 15) is 5.11 Å². The monoisotopic (exact) mass is 334 g/mol. The Balaban J connectivity index is 1.77. The molecule has 1 N–H and O–H groups in total. The highest BCUT2D eigenvalue weighted by molar-refractivity contribution is 5.53. The largest absolute Gasteiger partial charge is 0.497 e. The van der Waals surface area contributed by atoms with Gasteiger partial charge in [0.05, 0.1) is 26.4 Å². The first kappa shape index (κ1) is 18.9. The number of aliphatic hydroxyl groups excluding tert-OH is 1. The van der Waals surface area contributed by atoms with Crippen molar-refractivity contribution in [1.82, 2.24) is 9.80 Å². The summed E-state index contributed by atoms with van der Waals surface area (Å²) in [5.74, 6) is 0.869. The van der Waals surface area contributed by atoms with Crippen molar-refractivity contribution in [3.05, 3.63) is 35.4 Å². The van der Waals surface area contributed by atoms with Crippen LogP contribution in [0.15, 0.2) is 29.8 Å². The summed E-state index contributed by atoms with van der Waals surface area (Å²) >= 11 is 0. The average Bonchev–Trinajstić information content (AvgIpc) is 2.56. The van der Waals surface area contributed by atoms with Crippen molar-refractivity contribution >= 4 is 6.08 Å². The molecule has 2 rings (SSSR count). The van der Waals surface area contributed by atoms with E-state index >= 15 is 0 Å². The third-order valence-corrected chi connectivity index (χ3v) is 4.14. The number of methoxy groups -OCH3 is 1. The zero-order valence-electron chi connectivity index (χ0n) is 15.1. The Morgan fingerprint density at radius 2 is 2.00 bits per heavy atom. The maximum atomic E-state index is 10.3. The quantitative estimate of drug-likeness (QED) is 0.784. The van der Waals surface area contributed by atoms with E-state index in [1.54, 1.807) is 7.11 Å². The summed E-state index contributed by atoms with van der Waals surface area (Å²) in [7, 11) is 3.72. The van der Waals surface area contributed by atoms with E-state index < -0.39 is 0 Å². The van der Waals surface area contributed by atoms with Crippen LogP contribution >= 0.6 is 0 Å². The van der Waals surface area contributed by atoms with Gasteiger partial charge in [0.2, 0.25) is 0 Å². The molecule has 1 heterocycles. The van der Waals surface area contributed by atoms with Gasteiger partial charge in [-0.05, 0) is 31.7 Å². The maximum Gasteiger partial charge on any atom is 0.118 e. The number of nitrogens with zero attached hydrogens (tertiary/aromatic N) is 2. The molecule has 0 radical (unpaired) electrons. The molecule has 0 bridgehead atoms. The van der Waals surface area contributed by atoms with Crippen LogP contribution in [0.1, 0.15) is 12.5 Å². The molecule has 0 amide bonds. The number of rotatable bonds is 8. The molecular formula is C19H30N2O3. The Kier molecular flexibility index (Phi) is 7.72. The number of benzene rings is 1. The van der Waals surface area contributed by atoms with Crippen LogP contribution in [0.2, 0.25) is 0 Å². The van der Waals surface area contributed by atoms with Gasteiger partial charge < -0.3 is 14.6 Å². The van der Waals surface area contributed by atoms with Crippen molar-refractivity contribution in [3.8, 4) is 5.75 Å². The second-order valence-corrected chi connectivity index (χ2v) is 6.53. The van der Waals surface area contributed by atoms with E-state index in [2.05, 4.69) is 34.9 Å². The molecule has 1 aliphatic heterocycles. The summed E-state index contributed by atoms with van der Waals surface area (Å²) in [6, 6.07) is 8.04. The number of aliphatic hydroxyl groups is 1. The Morgan fingerprint density at radius 3 is 2.62 bits per heavy atom. The van der Waals surface area contributed by atoms with Crippen LogP contribution in [0.5, 0.6) is 5.75 Å². The van der Waals surface area contributed by atoms with E-state index in [1.807, 2.05) is 19.2 Å². The van der Waals surface area contributed by atoms with Crippen LogP contribution in [0.3, 0.4) is 0 Å². The lowest BCUT2D eigenvalue weighted by atomic mass is 10.1. The van der Waals surface area contributed by atoms with Crippen LogP contribution in [0.25, 0.3) is 6.08 Å². The zero-order valence-corrected chi connectivity index (χ0v) is 15.1. The molecule has 0 saturated carbocycles. The zero-order chi connectivity index (χ0) is 17.4. The molecule has 1 unspecified atom stereocenters. The van der Waals surface area contributed by atoms with Gasteiger partial charge in [0.15, 0.2) is 0 Å². The van der Waals surface area contributed by atoms with Crippen molar-refractivity contribution in [2.75, 3.05) is 60.1 Å². The normalized spacial score (nSPS) is 18.0. The minimum Gasteiger partial charge on any atom is -0.497 e. The van der Waals surface area contributed by atoms with E-state index in [1.165, 1.54) is 5.57 Å². The molecular weight excluding hydrogens is 304 g/mol. The SMILES string of the molecule is COc1ccc(/C=C(/C)CN(C)CC(O)CN2CCOCC2)cc1. The lowest BCUT2D eigenvalue weighted by Gasteiger charge is -2.30. The van der Waals surface area contributed by atoms with Gasteiger partial charge >= 0.3 is 0 Å². The van der Waals surface area contributed by atoms with Crippen molar-refractivity contribution in [1.29, 1.82) is 0 Å². The standard InChI is InChI=1S/C19H30N2O3/c1-16(12-17-4-6-19(23-3)7-5-17)13-20(2)14-18(22)15-21-8-10-24-11-9-21/h4-7,12,18,22H,8-11,13-15H2,1-3H3/b16-12-. The summed E-state index contributed by atoms with van der Waals surface area (Å²) in [6.07, 6.45) is 1.84. The third-order valence-electron chi connectivity index (χ3n) is 4.14. The molecule has 0 aliphatic carbocycles. The molecule has 1 atom stereocenters. The second-order valence-electron chi connectivity index (χ2n) is 6.53. The van der Waals surface area contributed by atoms with Gasteiger partial charge in [-0.15, -0.1) is 0 Å².